The Balaban J connectivity index is 1.63. The molecule has 0 aromatic heterocycles. The van der Waals surface area contributed by atoms with Crippen molar-refractivity contribution in [2.24, 2.45) is 0 Å². The Morgan fingerprint density at radius 1 is 0.935 bits per heavy atom. The van der Waals surface area contributed by atoms with E-state index in [1.54, 1.807) is 26.0 Å². The van der Waals surface area contributed by atoms with Gasteiger partial charge in [-0.15, -0.1) is 11.8 Å². The molecule has 0 saturated heterocycles. The van der Waals surface area contributed by atoms with Crippen LogP contribution in [0.5, 0.6) is 11.5 Å². The van der Waals surface area contributed by atoms with E-state index in [1.807, 2.05) is 49.4 Å². The molecule has 0 aliphatic carbocycles. The molecule has 0 bridgehead atoms. The van der Waals surface area contributed by atoms with Gasteiger partial charge in [-0.2, -0.15) is 0 Å². The minimum Gasteiger partial charge on any atom is -0.493 e. The molecule has 0 heterocycles. The molecule has 1 N–H and O–H groups in total. The number of ether oxygens (including phenoxy) is 2. The van der Waals surface area contributed by atoms with E-state index in [0.29, 0.717) is 17.1 Å². The predicted octanol–water partition coefficient (Wildman–Crippen LogP) is 6.19. The number of methoxy groups -OCH3 is 2. The Labute approximate surface area is 189 Å². The summed E-state index contributed by atoms with van der Waals surface area (Å²) in [6.07, 6.45) is 0.770. The molecule has 0 spiro atoms. The molecular weight excluding hydrogens is 406 g/mol. The number of nitrogens with one attached hydrogen (secondary N) is 1. The highest BCUT2D eigenvalue weighted by Gasteiger charge is 2.16. The predicted molar refractivity (Wildman–Crippen MR) is 127 cm³/mol. The first-order valence-electron chi connectivity index (χ1n) is 10.3. The third kappa shape index (κ3) is 6.05. The van der Waals surface area contributed by atoms with Crippen LogP contribution in [-0.4, -0.2) is 20.1 Å². The van der Waals surface area contributed by atoms with E-state index >= 15 is 0 Å². The first kappa shape index (κ1) is 22.8. The van der Waals surface area contributed by atoms with Crippen LogP contribution in [0.4, 0.5) is 0 Å². The molecular formula is C26H29NO3S. The maximum atomic E-state index is 12.8. The highest BCUT2D eigenvalue weighted by molar-refractivity contribution is 7.98. The first-order valence-corrected chi connectivity index (χ1v) is 11.3. The average molecular weight is 436 g/mol. The van der Waals surface area contributed by atoms with Gasteiger partial charge in [0.25, 0.3) is 5.91 Å². The van der Waals surface area contributed by atoms with Crippen LogP contribution in [0.2, 0.25) is 0 Å². The fourth-order valence-electron chi connectivity index (χ4n) is 3.29. The molecule has 162 valence electrons. The Bertz CT molecular complexity index is 1000. The van der Waals surface area contributed by atoms with Crippen molar-refractivity contribution in [3.63, 3.8) is 0 Å². The lowest BCUT2D eigenvalue weighted by Gasteiger charge is -2.19. The topological polar surface area (TPSA) is 47.6 Å². The first-order chi connectivity index (χ1) is 15.0. The van der Waals surface area contributed by atoms with E-state index in [0.717, 1.165) is 17.7 Å². The normalized spacial score (nSPS) is 11.6. The van der Waals surface area contributed by atoms with Crippen molar-refractivity contribution in [1.82, 2.24) is 5.32 Å². The van der Waals surface area contributed by atoms with Gasteiger partial charge < -0.3 is 14.8 Å². The van der Waals surface area contributed by atoms with E-state index in [1.165, 1.54) is 16.0 Å². The minimum absolute atomic E-state index is 0.0839. The number of thioether (sulfide) groups is 1. The Morgan fingerprint density at radius 3 is 2.23 bits per heavy atom. The molecule has 1 amide bonds. The van der Waals surface area contributed by atoms with Crippen molar-refractivity contribution in [3.8, 4) is 11.5 Å². The summed E-state index contributed by atoms with van der Waals surface area (Å²) >= 11 is 1.79. The van der Waals surface area contributed by atoms with Gasteiger partial charge in [0.2, 0.25) is 0 Å². The quantitative estimate of drug-likeness (QED) is 0.407. The summed E-state index contributed by atoms with van der Waals surface area (Å²) in [6.45, 7) is 4.14. The third-order valence-electron chi connectivity index (χ3n) is 5.17. The van der Waals surface area contributed by atoms with E-state index in [2.05, 4.69) is 36.5 Å². The van der Waals surface area contributed by atoms with Gasteiger partial charge in [-0.25, -0.2) is 0 Å². The molecule has 0 fully saturated rings. The molecule has 4 nitrogen and oxygen atoms in total. The SMILES string of the molecule is CCC(NC(=O)c1ccc(CSc2ccc(C)cc2)cc1)c1ccc(OC)c(OC)c1. The van der Waals surface area contributed by atoms with Crippen molar-refractivity contribution in [2.45, 2.75) is 37.0 Å². The van der Waals surface area contributed by atoms with Crippen molar-refractivity contribution in [1.29, 1.82) is 0 Å². The van der Waals surface area contributed by atoms with Crippen molar-refractivity contribution >= 4 is 17.7 Å². The van der Waals surface area contributed by atoms with Crippen LogP contribution < -0.4 is 14.8 Å². The molecule has 5 heteroatoms. The zero-order chi connectivity index (χ0) is 22.2. The molecule has 3 rings (SSSR count). The maximum Gasteiger partial charge on any atom is 0.251 e. The zero-order valence-electron chi connectivity index (χ0n) is 18.5. The van der Waals surface area contributed by atoms with Crippen LogP contribution >= 0.6 is 11.8 Å². The Morgan fingerprint density at radius 2 is 1.61 bits per heavy atom. The summed E-state index contributed by atoms with van der Waals surface area (Å²) < 4.78 is 10.7. The fourth-order valence-corrected chi connectivity index (χ4v) is 4.14. The molecule has 3 aromatic rings. The highest BCUT2D eigenvalue weighted by atomic mass is 32.2. The summed E-state index contributed by atoms with van der Waals surface area (Å²) in [7, 11) is 3.22. The maximum absolute atomic E-state index is 12.8. The average Bonchev–Trinajstić information content (AvgIpc) is 2.81. The Kier molecular flexibility index (Phi) is 8.01. The molecule has 1 unspecified atom stereocenters. The van der Waals surface area contributed by atoms with Crippen molar-refractivity contribution in [2.75, 3.05) is 14.2 Å². The van der Waals surface area contributed by atoms with Crippen LogP contribution in [0.1, 0.15) is 46.4 Å². The molecule has 3 aromatic carbocycles. The standard InChI is InChI=1S/C26H29NO3S/c1-5-23(21-12-15-24(29-3)25(16-21)30-4)27-26(28)20-10-8-19(9-11-20)17-31-22-13-6-18(2)7-14-22/h6-16,23H,5,17H2,1-4H3,(H,27,28). The van der Waals surface area contributed by atoms with Gasteiger partial charge in [-0.05, 0) is 60.9 Å². The molecule has 0 aliphatic heterocycles. The van der Waals surface area contributed by atoms with Crippen LogP contribution in [0.15, 0.2) is 71.6 Å². The number of hydrogen-bond acceptors (Lipinski definition) is 4. The highest BCUT2D eigenvalue weighted by Crippen LogP contribution is 2.31. The zero-order valence-corrected chi connectivity index (χ0v) is 19.3. The van der Waals surface area contributed by atoms with E-state index in [4.69, 9.17) is 9.47 Å². The molecule has 31 heavy (non-hydrogen) atoms. The lowest BCUT2D eigenvalue weighted by atomic mass is 10.0. The van der Waals surface area contributed by atoms with E-state index < -0.39 is 0 Å². The summed E-state index contributed by atoms with van der Waals surface area (Å²) in [5, 5.41) is 3.13. The second-order valence-corrected chi connectivity index (χ2v) is 8.40. The van der Waals surface area contributed by atoms with E-state index in [-0.39, 0.29) is 11.9 Å². The molecule has 0 aliphatic rings. The largest absolute Gasteiger partial charge is 0.493 e. The summed E-state index contributed by atoms with van der Waals surface area (Å²) in [6, 6.07) is 22.0. The van der Waals surface area contributed by atoms with Gasteiger partial charge >= 0.3 is 0 Å². The van der Waals surface area contributed by atoms with Crippen LogP contribution in [0.3, 0.4) is 0 Å². The number of benzene rings is 3. The molecule has 1 atom stereocenters. The number of amides is 1. The van der Waals surface area contributed by atoms with E-state index in [9.17, 15) is 4.79 Å². The fraction of sp³-hybridized carbons (Fsp3) is 0.269. The second kappa shape index (κ2) is 10.9. The van der Waals surface area contributed by atoms with Crippen LogP contribution in [0, 0.1) is 6.92 Å². The van der Waals surface area contributed by atoms with Gasteiger partial charge in [0, 0.05) is 16.2 Å². The number of aryl methyl sites for hydroxylation is 1. The Hall–Kier alpha value is -2.92. The van der Waals surface area contributed by atoms with Crippen molar-refractivity contribution in [3.05, 3.63) is 89.0 Å². The summed E-state index contributed by atoms with van der Waals surface area (Å²) in [4.78, 5) is 14.1. The lowest BCUT2D eigenvalue weighted by molar-refractivity contribution is 0.0935. The van der Waals surface area contributed by atoms with Gasteiger partial charge in [-0.1, -0.05) is 42.8 Å². The monoisotopic (exact) mass is 435 g/mol. The van der Waals surface area contributed by atoms with Gasteiger partial charge in [0.05, 0.1) is 20.3 Å². The summed E-state index contributed by atoms with van der Waals surface area (Å²) in [5.74, 6) is 2.11. The van der Waals surface area contributed by atoms with Gasteiger partial charge in [0.1, 0.15) is 0 Å². The number of carbonyl (C=O) groups is 1. The number of rotatable bonds is 9. The molecule has 0 saturated carbocycles. The molecule has 0 radical (unpaired) electrons. The van der Waals surface area contributed by atoms with Crippen molar-refractivity contribution < 1.29 is 14.3 Å². The summed E-state index contributed by atoms with van der Waals surface area (Å²) in [5.41, 5.74) is 4.09. The minimum atomic E-state index is -0.107. The smallest absolute Gasteiger partial charge is 0.251 e. The van der Waals surface area contributed by atoms with Gasteiger partial charge in [0.15, 0.2) is 11.5 Å². The van der Waals surface area contributed by atoms with Gasteiger partial charge in [-0.3, -0.25) is 4.79 Å². The lowest BCUT2D eigenvalue weighted by Crippen LogP contribution is -2.28. The number of carbonyl (C=O) groups excluding carboxylic acids is 1. The van der Waals surface area contributed by atoms with Crippen LogP contribution in [0.25, 0.3) is 0 Å². The third-order valence-corrected chi connectivity index (χ3v) is 6.25. The second-order valence-electron chi connectivity index (χ2n) is 7.35. The number of hydrogen-bond donors (Lipinski definition) is 1. The van der Waals surface area contributed by atoms with Crippen LogP contribution in [-0.2, 0) is 5.75 Å².